The first-order chi connectivity index (χ1) is 19.4. The Labute approximate surface area is 238 Å². The number of hydrogen-bond donors (Lipinski definition) is 1. The van der Waals surface area contributed by atoms with Crippen LogP contribution < -0.4 is 14.4 Å². The summed E-state index contributed by atoms with van der Waals surface area (Å²) in [5.41, 5.74) is -1.64. The fourth-order valence-electron chi connectivity index (χ4n) is 5.89. The number of amides is 1. The van der Waals surface area contributed by atoms with Crippen LogP contribution in [0.4, 0.5) is 19.0 Å². The van der Waals surface area contributed by atoms with Gasteiger partial charge in [-0.05, 0) is 70.4 Å². The Hall–Kier alpha value is -3.26. The van der Waals surface area contributed by atoms with E-state index in [1.54, 1.807) is 35.3 Å². The Balaban J connectivity index is 1.27. The standard InChI is InChI=1S/C27H32F3N7O3S/c1-25(2)14-18-4-3-11-35-17-19(15-31-35)41(39)34-24(38)20-5-6-21(32-23(20)36(25)16-18)37-12-7-22(33-37)40-13-10-26(8-9-26)27(28,29)30/h5-7,12,15,17-18H,3-4,8-11,13-14,16H2,1-2H3,(H,34,38). The molecule has 220 valence electrons. The number of rotatable bonds is 5. The van der Waals surface area contributed by atoms with Crippen molar-refractivity contribution in [3.05, 3.63) is 42.4 Å². The van der Waals surface area contributed by atoms with Crippen LogP contribution in [-0.4, -0.2) is 59.9 Å². The molecule has 2 unspecified atom stereocenters. The number of carbonyl (C=O) groups excluding carboxylic acids is 1. The first kappa shape index (κ1) is 27.9. The minimum atomic E-state index is -4.22. The van der Waals surface area contributed by atoms with Crippen molar-refractivity contribution in [3.63, 3.8) is 0 Å². The molecule has 10 nitrogen and oxygen atoms in total. The van der Waals surface area contributed by atoms with E-state index >= 15 is 0 Å². The number of pyridine rings is 1. The second-order valence-electron chi connectivity index (χ2n) is 11.8. The van der Waals surface area contributed by atoms with Gasteiger partial charge in [0.2, 0.25) is 10.8 Å². The first-order valence-corrected chi connectivity index (χ1v) is 14.9. The predicted molar refractivity (Wildman–Crippen MR) is 144 cm³/mol. The summed E-state index contributed by atoms with van der Waals surface area (Å²) in [7, 11) is 0. The number of nitrogens with zero attached hydrogens (tertiary/aromatic N) is 6. The average molecular weight is 592 g/mol. The summed E-state index contributed by atoms with van der Waals surface area (Å²) in [6.07, 6.45) is 3.54. The Kier molecular flexibility index (Phi) is 6.96. The van der Waals surface area contributed by atoms with Gasteiger partial charge in [0.1, 0.15) is 23.4 Å². The van der Waals surface area contributed by atoms with Gasteiger partial charge in [0.15, 0.2) is 5.82 Å². The summed E-state index contributed by atoms with van der Waals surface area (Å²) in [6, 6.07) is 4.83. The van der Waals surface area contributed by atoms with Crippen LogP contribution in [0.25, 0.3) is 5.82 Å². The highest BCUT2D eigenvalue weighted by Crippen LogP contribution is 2.59. The molecule has 0 radical (unpaired) electrons. The van der Waals surface area contributed by atoms with Gasteiger partial charge in [-0.2, -0.15) is 23.0 Å². The molecule has 1 saturated heterocycles. The molecule has 14 heteroatoms. The molecule has 3 aliphatic rings. The molecule has 2 atom stereocenters. The van der Waals surface area contributed by atoms with Crippen LogP contribution in [0.5, 0.6) is 5.88 Å². The second kappa shape index (κ2) is 10.2. The van der Waals surface area contributed by atoms with Gasteiger partial charge in [-0.1, -0.05) is 0 Å². The van der Waals surface area contributed by atoms with Crippen LogP contribution in [0.3, 0.4) is 0 Å². The number of hydrogen-bond acceptors (Lipinski definition) is 7. The second-order valence-corrected chi connectivity index (χ2v) is 13.0. The maximum Gasteiger partial charge on any atom is 0.394 e. The van der Waals surface area contributed by atoms with E-state index in [0.29, 0.717) is 35.5 Å². The summed E-state index contributed by atoms with van der Waals surface area (Å²) in [4.78, 5) is 20.8. The number of anilines is 1. The molecule has 0 aromatic carbocycles. The molecule has 3 aromatic heterocycles. The summed E-state index contributed by atoms with van der Waals surface area (Å²) in [6.45, 7) is 5.54. The minimum Gasteiger partial charge on any atom is -0.588 e. The van der Waals surface area contributed by atoms with E-state index in [1.165, 1.54) is 10.9 Å². The van der Waals surface area contributed by atoms with Crippen LogP contribution in [0.15, 0.2) is 41.7 Å². The third-order valence-electron chi connectivity index (χ3n) is 8.41. The number of aryl methyl sites for hydroxylation is 1. The number of nitrogens with one attached hydrogen (secondary N) is 1. The SMILES string of the molecule is CC1(C)CC2CCCn3cc(cn3)[S+]([O-])NC(=O)c3ccc(-n4ccc(OCCC5(C(F)(F)F)CC5)n4)nc3N1C2. The lowest BCUT2D eigenvalue weighted by Gasteiger charge is -2.33. The molecule has 2 aliphatic heterocycles. The van der Waals surface area contributed by atoms with Crippen molar-refractivity contribution in [3.8, 4) is 11.7 Å². The highest BCUT2D eigenvalue weighted by Gasteiger charge is 2.62. The normalized spacial score (nSPS) is 23.5. The number of alkyl halides is 3. The molecule has 0 spiro atoms. The van der Waals surface area contributed by atoms with Gasteiger partial charge >= 0.3 is 6.18 Å². The van der Waals surface area contributed by atoms with Gasteiger partial charge in [-0.15, -0.1) is 5.10 Å². The van der Waals surface area contributed by atoms with Crippen LogP contribution in [0.2, 0.25) is 0 Å². The van der Waals surface area contributed by atoms with Gasteiger partial charge in [0.25, 0.3) is 5.91 Å². The van der Waals surface area contributed by atoms with Crippen molar-refractivity contribution in [2.24, 2.45) is 11.3 Å². The van der Waals surface area contributed by atoms with Gasteiger partial charge in [-0.3, -0.25) is 9.48 Å². The first-order valence-electron chi connectivity index (χ1n) is 13.7. The monoisotopic (exact) mass is 591 g/mol. The van der Waals surface area contributed by atoms with Gasteiger partial charge in [0, 0.05) is 30.9 Å². The highest BCUT2D eigenvalue weighted by molar-refractivity contribution is 7.90. The zero-order chi connectivity index (χ0) is 29.0. The summed E-state index contributed by atoms with van der Waals surface area (Å²) in [5, 5.41) is 8.66. The average Bonchev–Trinajstić information content (AvgIpc) is 3.22. The number of halogens is 3. The molecule has 1 amide bonds. The molecular weight excluding hydrogens is 559 g/mol. The van der Waals surface area contributed by atoms with Crippen LogP contribution in [0.1, 0.15) is 62.7 Å². The molecule has 4 bridgehead atoms. The van der Waals surface area contributed by atoms with Gasteiger partial charge < -0.3 is 14.2 Å². The molecule has 1 aliphatic carbocycles. The van der Waals surface area contributed by atoms with E-state index in [-0.39, 0.29) is 42.9 Å². The zero-order valence-electron chi connectivity index (χ0n) is 22.9. The van der Waals surface area contributed by atoms with E-state index in [1.807, 2.05) is 0 Å². The highest BCUT2D eigenvalue weighted by atomic mass is 32.2. The molecule has 1 N–H and O–H groups in total. The van der Waals surface area contributed by atoms with E-state index in [2.05, 4.69) is 33.7 Å². The van der Waals surface area contributed by atoms with E-state index in [4.69, 9.17) is 9.72 Å². The lowest BCUT2D eigenvalue weighted by atomic mass is 9.93. The Morgan fingerprint density at radius 3 is 2.80 bits per heavy atom. The van der Waals surface area contributed by atoms with Gasteiger partial charge in [0.05, 0.1) is 23.8 Å². The van der Waals surface area contributed by atoms with Crippen molar-refractivity contribution in [1.82, 2.24) is 29.3 Å². The molecule has 1 saturated carbocycles. The molecule has 5 heterocycles. The number of fused-ring (bicyclic) bond motifs is 6. The lowest BCUT2D eigenvalue weighted by Crippen LogP contribution is -2.41. The topological polar surface area (TPSA) is 113 Å². The van der Waals surface area contributed by atoms with Crippen molar-refractivity contribution in [2.45, 2.75) is 75.5 Å². The van der Waals surface area contributed by atoms with E-state index < -0.39 is 28.9 Å². The fourth-order valence-corrected chi connectivity index (χ4v) is 6.65. The van der Waals surface area contributed by atoms with E-state index in [9.17, 15) is 22.5 Å². The third-order valence-corrected chi connectivity index (χ3v) is 9.42. The predicted octanol–water partition coefficient (Wildman–Crippen LogP) is 4.43. The number of carbonyl (C=O) groups is 1. The third kappa shape index (κ3) is 5.51. The van der Waals surface area contributed by atoms with Crippen molar-refractivity contribution in [2.75, 3.05) is 18.1 Å². The summed E-state index contributed by atoms with van der Waals surface area (Å²) in [5.74, 6) is 0.929. The number of aromatic nitrogens is 5. The Morgan fingerprint density at radius 1 is 1.24 bits per heavy atom. The smallest absolute Gasteiger partial charge is 0.394 e. The van der Waals surface area contributed by atoms with Crippen LogP contribution >= 0.6 is 0 Å². The number of ether oxygens (including phenoxy) is 1. The van der Waals surface area contributed by atoms with Gasteiger partial charge in [-0.25, -0.2) is 9.67 Å². The largest absolute Gasteiger partial charge is 0.588 e. The molecule has 41 heavy (non-hydrogen) atoms. The zero-order valence-corrected chi connectivity index (χ0v) is 23.7. The summed E-state index contributed by atoms with van der Waals surface area (Å²) < 4.78 is 64.0. The van der Waals surface area contributed by atoms with Crippen molar-refractivity contribution in [1.29, 1.82) is 0 Å². The van der Waals surface area contributed by atoms with E-state index in [0.717, 1.165) is 19.3 Å². The van der Waals surface area contributed by atoms with Crippen molar-refractivity contribution >= 4 is 23.1 Å². The fraction of sp³-hybridized carbons (Fsp3) is 0.556. The lowest BCUT2D eigenvalue weighted by molar-refractivity contribution is -0.190. The Morgan fingerprint density at radius 2 is 2.05 bits per heavy atom. The maximum absolute atomic E-state index is 13.4. The quantitative estimate of drug-likeness (QED) is 0.437. The molecular formula is C27H32F3N7O3S. The molecule has 6 rings (SSSR count). The van der Waals surface area contributed by atoms with Crippen LogP contribution in [0, 0.1) is 11.3 Å². The molecule has 2 fully saturated rings. The Bertz CT molecular complexity index is 1440. The van der Waals surface area contributed by atoms with Crippen LogP contribution in [-0.2, 0) is 17.9 Å². The van der Waals surface area contributed by atoms with Crippen molar-refractivity contribution < 1.29 is 27.3 Å². The molecule has 3 aromatic rings. The summed E-state index contributed by atoms with van der Waals surface area (Å²) >= 11 is -1.80. The minimum absolute atomic E-state index is 0.0896. The maximum atomic E-state index is 13.4.